The van der Waals surface area contributed by atoms with Gasteiger partial charge in [-0.1, -0.05) is 24.3 Å². The lowest BCUT2D eigenvalue weighted by Gasteiger charge is -2.31. The maximum Gasteiger partial charge on any atom is 0.221 e. The summed E-state index contributed by atoms with van der Waals surface area (Å²) in [6.45, 7) is 6.86. The van der Waals surface area contributed by atoms with Crippen LogP contribution in [0.25, 0.3) is 0 Å². The van der Waals surface area contributed by atoms with Gasteiger partial charge in [0, 0.05) is 45.6 Å². The van der Waals surface area contributed by atoms with Gasteiger partial charge in [0.1, 0.15) is 0 Å². The third kappa shape index (κ3) is 6.62. The number of guanidine groups is 1. The fourth-order valence-corrected chi connectivity index (χ4v) is 3.88. The minimum absolute atomic E-state index is 0.0212. The molecule has 1 amide bonds. The molecule has 7 heteroatoms. The van der Waals surface area contributed by atoms with E-state index in [1.807, 2.05) is 17.8 Å². The summed E-state index contributed by atoms with van der Waals surface area (Å²) < 4.78 is 2.03. The Balaban J connectivity index is 1.56. The SMILES string of the molecule is CCNC(=NCc1ccn(C)c1)NCc1cccc(CN2CCCC(C(N)=O)C2)c1. The Morgan fingerprint density at radius 1 is 1.23 bits per heavy atom. The van der Waals surface area contributed by atoms with E-state index in [-0.39, 0.29) is 11.8 Å². The third-order valence-corrected chi connectivity index (χ3v) is 5.42. The highest BCUT2D eigenvalue weighted by Gasteiger charge is 2.23. The number of likely N-dealkylation sites (tertiary alicyclic amines) is 1. The largest absolute Gasteiger partial charge is 0.369 e. The third-order valence-electron chi connectivity index (χ3n) is 5.42. The number of primary amides is 1. The number of amides is 1. The second kappa shape index (κ2) is 10.8. The first-order valence-electron chi connectivity index (χ1n) is 10.8. The average Bonchev–Trinajstić information content (AvgIpc) is 3.16. The van der Waals surface area contributed by atoms with E-state index in [1.54, 1.807) is 0 Å². The number of nitrogens with zero attached hydrogens (tertiary/aromatic N) is 3. The topological polar surface area (TPSA) is 87.7 Å². The Labute approximate surface area is 179 Å². The molecule has 7 nitrogen and oxygen atoms in total. The van der Waals surface area contributed by atoms with Crippen molar-refractivity contribution in [1.82, 2.24) is 20.1 Å². The molecule has 0 radical (unpaired) electrons. The number of rotatable bonds is 8. The average molecular weight is 411 g/mol. The summed E-state index contributed by atoms with van der Waals surface area (Å²) in [6.07, 6.45) is 6.05. The molecule has 1 aromatic heterocycles. The van der Waals surface area contributed by atoms with Gasteiger partial charge in [0.25, 0.3) is 0 Å². The Hall–Kier alpha value is -2.80. The number of aryl methyl sites for hydroxylation is 1. The van der Waals surface area contributed by atoms with Crippen molar-refractivity contribution in [3.05, 3.63) is 59.4 Å². The van der Waals surface area contributed by atoms with E-state index in [4.69, 9.17) is 5.73 Å². The van der Waals surface area contributed by atoms with Gasteiger partial charge in [-0.05, 0) is 49.1 Å². The molecule has 2 heterocycles. The molecule has 0 saturated carbocycles. The lowest BCUT2D eigenvalue weighted by Crippen LogP contribution is -2.40. The molecule has 4 N–H and O–H groups in total. The lowest BCUT2D eigenvalue weighted by atomic mass is 9.97. The predicted octanol–water partition coefficient (Wildman–Crippen LogP) is 1.98. The van der Waals surface area contributed by atoms with Gasteiger partial charge in [-0.2, -0.15) is 0 Å². The highest BCUT2D eigenvalue weighted by atomic mass is 16.1. The molecule has 0 spiro atoms. The number of nitrogens with one attached hydrogen (secondary N) is 2. The van der Waals surface area contributed by atoms with Gasteiger partial charge in [-0.25, -0.2) is 4.99 Å². The molecule has 162 valence electrons. The van der Waals surface area contributed by atoms with Crippen LogP contribution in [0.15, 0.2) is 47.7 Å². The van der Waals surface area contributed by atoms with Crippen molar-refractivity contribution in [2.45, 2.75) is 39.4 Å². The summed E-state index contributed by atoms with van der Waals surface area (Å²) in [5.74, 6) is 0.614. The predicted molar refractivity (Wildman–Crippen MR) is 121 cm³/mol. The van der Waals surface area contributed by atoms with E-state index in [0.717, 1.165) is 45.0 Å². The Morgan fingerprint density at radius 3 is 2.80 bits per heavy atom. The van der Waals surface area contributed by atoms with Crippen LogP contribution < -0.4 is 16.4 Å². The van der Waals surface area contributed by atoms with Gasteiger partial charge in [-0.3, -0.25) is 9.69 Å². The molecule has 1 aliphatic heterocycles. The minimum Gasteiger partial charge on any atom is -0.369 e. The number of piperidine rings is 1. The van der Waals surface area contributed by atoms with Crippen LogP contribution in [0.5, 0.6) is 0 Å². The smallest absolute Gasteiger partial charge is 0.221 e. The zero-order valence-electron chi connectivity index (χ0n) is 18.1. The quantitative estimate of drug-likeness (QED) is 0.459. The molecule has 0 bridgehead atoms. The Kier molecular flexibility index (Phi) is 7.90. The number of nitrogens with two attached hydrogens (primary N) is 1. The molecule has 2 aromatic rings. The van der Waals surface area contributed by atoms with E-state index in [0.29, 0.717) is 13.1 Å². The maximum atomic E-state index is 11.5. The summed E-state index contributed by atoms with van der Waals surface area (Å²) in [5.41, 5.74) is 9.16. The van der Waals surface area contributed by atoms with E-state index in [2.05, 4.69) is 64.0 Å². The molecular formula is C23H34N6O. The van der Waals surface area contributed by atoms with Gasteiger partial charge >= 0.3 is 0 Å². The van der Waals surface area contributed by atoms with Crippen LogP contribution in [0, 0.1) is 5.92 Å². The molecule has 1 saturated heterocycles. The van der Waals surface area contributed by atoms with Crippen LogP contribution in [-0.2, 0) is 31.5 Å². The van der Waals surface area contributed by atoms with Crippen LogP contribution >= 0.6 is 0 Å². The van der Waals surface area contributed by atoms with Crippen LogP contribution in [0.4, 0.5) is 0 Å². The monoisotopic (exact) mass is 410 g/mol. The van der Waals surface area contributed by atoms with Crippen LogP contribution in [0.1, 0.15) is 36.5 Å². The first-order valence-corrected chi connectivity index (χ1v) is 10.8. The molecule has 1 aromatic carbocycles. The Bertz CT molecular complexity index is 859. The molecule has 1 atom stereocenters. The van der Waals surface area contributed by atoms with Crippen molar-refractivity contribution in [2.24, 2.45) is 23.7 Å². The lowest BCUT2D eigenvalue weighted by molar-refractivity contribution is -0.123. The van der Waals surface area contributed by atoms with Crippen molar-refractivity contribution in [3.63, 3.8) is 0 Å². The van der Waals surface area contributed by atoms with Crippen molar-refractivity contribution in [3.8, 4) is 0 Å². The van der Waals surface area contributed by atoms with Gasteiger partial charge in [0.05, 0.1) is 12.5 Å². The normalized spacial score (nSPS) is 17.7. The number of carbonyl (C=O) groups is 1. The molecule has 1 aliphatic rings. The molecular weight excluding hydrogens is 376 g/mol. The molecule has 30 heavy (non-hydrogen) atoms. The first kappa shape index (κ1) is 21.9. The van der Waals surface area contributed by atoms with Crippen molar-refractivity contribution >= 4 is 11.9 Å². The number of carbonyl (C=O) groups excluding carboxylic acids is 1. The van der Waals surface area contributed by atoms with Crippen molar-refractivity contribution < 1.29 is 4.79 Å². The molecule has 3 rings (SSSR count). The fourth-order valence-electron chi connectivity index (χ4n) is 3.88. The zero-order chi connectivity index (χ0) is 21.3. The summed E-state index contributed by atoms with van der Waals surface area (Å²) in [4.78, 5) is 18.5. The van der Waals surface area contributed by atoms with E-state index in [9.17, 15) is 4.79 Å². The minimum atomic E-state index is -0.177. The fraction of sp³-hybridized carbons (Fsp3) is 0.478. The second-order valence-corrected chi connectivity index (χ2v) is 8.03. The number of hydrogen-bond donors (Lipinski definition) is 3. The van der Waals surface area contributed by atoms with Crippen molar-refractivity contribution in [2.75, 3.05) is 19.6 Å². The maximum absolute atomic E-state index is 11.5. The Morgan fingerprint density at radius 2 is 2.07 bits per heavy atom. The highest BCUT2D eigenvalue weighted by Crippen LogP contribution is 2.18. The molecule has 1 fully saturated rings. The molecule has 0 aliphatic carbocycles. The summed E-state index contributed by atoms with van der Waals surface area (Å²) in [5, 5.41) is 6.73. The zero-order valence-corrected chi connectivity index (χ0v) is 18.1. The summed E-state index contributed by atoms with van der Waals surface area (Å²) >= 11 is 0. The molecule has 1 unspecified atom stereocenters. The van der Waals surface area contributed by atoms with Gasteiger partial charge in [-0.15, -0.1) is 0 Å². The van der Waals surface area contributed by atoms with E-state index in [1.165, 1.54) is 16.7 Å². The van der Waals surface area contributed by atoms with Crippen LogP contribution in [-0.4, -0.2) is 41.0 Å². The standard InChI is InChI=1S/C23H34N6O/c1-3-25-23(27-14-20-9-11-28(2)15-20)26-13-18-6-4-7-19(12-18)16-29-10-5-8-21(17-29)22(24)30/h4,6-7,9,11-12,15,21H,3,5,8,10,13-14,16-17H2,1-2H3,(H2,24,30)(H2,25,26,27). The number of aromatic nitrogens is 1. The van der Waals surface area contributed by atoms with Crippen LogP contribution in [0.3, 0.4) is 0 Å². The number of aliphatic imine (C=N–C) groups is 1. The van der Waals surface area contributed by atoms with Crippen LogP contribution in [0.2, 0.25) is 0 Å². The highest BCUT2D eigenvalue weighted by molar-refractivity contribution is 5.79. The number of benzene rings is 1. The number of hydrogen-bond acceptors (Lipinski definition) is 3. The van der Waals surface area contributed by atoms with Crippen molar-refractivity contribution in [1.29, 1.82) is 0 Å². The summed E-state index contributed by atoms with van der Waals surface area (Å²) in [6, 6.07) is 10.7. The van der Waals surface area contributed by atoms with E-state index >= 15 is 0 Å². The first-order chi connectivity index (χ1) is 14.5. The van der Waals surface area contributed by atoms with Gasteiger partial charge in [0.15, 0.2) is 5.96 Å². The van der Waals surface area contributed by atoms with E-state index < -0.39 is 0 Å². The summed E-state index contributed by atoms with van der Waals surface area (Å²) in [7, 11) is 2.02. The van der Waals surface area contributed by atoms with Gasteiger partial charge in [0.2, 0.25) is 5.91 Å². The second-order valence-electron chi connectivity index (χ2n) is 8.03. The van der Waals surface area contributed by atoms with Gasteiger partial charge < -0.3 is 20.9 Å².